The van der Waals surface area contributed by atoms with E-state index in [1.807, 2.05) is 12.1 Å². The molecule has 158 valence electrons. The molecule has 0 spiro atoms. The van der Waals surface area contributed by atoms with Gasteiger partial charge in [-0.25, -0.2) is 0 Å². The predicted octanol–water partition coefficient (Wildman–Crippen LogP) is 5.79. The number of hydrogen-bond acceptors (Lipinski definition) is 3. The quantitative estimate of drug-likeness (QED) is 0.404. The van der Waals surface area contributed by atoms with Crippen LogP contribution in [0.5, 0.6) is 11.5 Å². The second-order valence-electron chi connectivity index (χ2n) is 7.46. The summed E-state index contributed by atoms with van der Waals surface area (Å²) >= 11 is 0. The molecule has 30 heavy (non-hydrogen) atoms. The van der Waals surface area contributed by atoms with Crippen molar-refractivity contribution in [2.24, 2.45) is 0 Å². The second-order valence-corrected chi connectivity index (χ2v) is 7.46. The van der Waals surface area contributed by atoms with Gasteiger partial charge in [-0.3, -0.25) is 0 Å². The zero-order chi connectivity index (χ0) is 21.2. The van der Waals surface area contributed by atoms with E-state index in [1.165, 1.54) is 16.7 Å². The van der Waals surface area contributed by atoms with Crippen LogP contribution in [0.2, 0.25) is 0 Å². The smallest absolute Gasteiger partial charge is 0.119 e. The summed E-state index contributed by atoms with van der Waals surface area (Å²) in [6, 6.07) is 27.7. The minimum atomic E-state index is 0.298. The first-order valence-electron chi connectivity index (χ1n) is 10.9. The van der Waals surface area contributed by atoms with Gasteiger partial charge >= 0.3 is 0 Å². The summed E-state index contributed by atoms with van der Waals surface area (Å²) in [5, 5.41) is 0. The third kappa shape index (κ3) is 6.11. The SMILES string of the molecule is CCN(CC)CCOc1ccc(CC(c2ccccc2)c2ccc(OC)cc2)cc1. The Balaban J connectivity index is 1.70. The molecule has 0 aliphatic carbocycles. The van der Waals surface area contributed by atoms with Crippen molar-refractivity contribution >= 4 is 0 Å². The molecule has 0 heterocycles. The third-order valence-electron chi connectivity index (χ3n) is 5.65. The van der Waals surface area contributed by atoms with Gasteiger partial charge in [0.25, 0.3) is 0 Å². The van der Waals surface area contributed by atoms with Crippen LogP contribution in [0.15, 0.2) is 78.9 Å². The fraction of sp³-hybridized carbons (Fsp3) is 0.333. The Labute approximate surface area is 181 Å². The topological polar surface area (TPSA) is 21.7 Å². The Morgan fingerprint density at radius 3 is 1.93 bits per heavy atom. The van der Waals surface area contributed by atoms with E-state index in [0.29, 0.717) is 5.92 Å². The molecule has 0 amide bonds. The van der Waals surface area contributed by atoms with Crippen LogP contribution in [0.4, 0.5) is 0 Å². The normalized spacial score (nSPS) is 12.0. The molecule has 3 nitrogen and oxygen atoms in total. The van der Waals surface area contributed by atoms with Gasteiger partial charge in [-0.2, -0.15) is 0 Å². The molecule has 0 aliphatic heterocycles. The van der Waals surface area contributed by atoms with Crippen LogP contribution >= 0.6 is 0 Å². The van der Waals surface area contributed by atoms with E-state index >= 15 is 0 Å². The number of methoxy groups -OCH3 is 1. The largest absolute Gasteiger partial charge is 0.497 e. The first kappa shape index (κ1) is 21.9. The average Bonchev–Trinajstić information content (AvgIpc) is 2.82. The van der Waals surface area contributed by atoms with Crippen LogP contribution in [-0.4, -0.2) is 38.3 Å². The second kappa shape index (κ2) is 11.4. The molecule has 0 N–H and O–H groups in total. The maximum absolute atomic E-state index is 5.94. The third-order valence-corrected chi connectivity index (χ3v) is 5.65. The molecule has 3 aromatic carbocycles. The van der Waals surface area contributed by atoms with Crippen molar-refractivity contribution < 1.29 is 9.47 Å². The molecule has 0 aliphatic rings. The van der Waals surface area contributed by atoms with Gasteiger partial charge in [-0.1, -0.05) is 68.4 Å². The Hall–Kier alpha value is -2.78. The highest BCUT2D eigenvalue weighted by Gasteiger charge is 2.15. The zero-order valence-corrected chi connectivity index (χ0v) is 18.4. The lowest BCUT2D eigenvalue weighted by molar-refractivity contribution is 0.223. The van der Waals surface area contributed by atoms with Gasteiger partial charge in [-0.15, -0.1) is 0 Å². The molecule has 1 unspecified atom stereocenters. The van der Waals surface area contributed by atoms with Crippen molar-refractivity contribution in [1.82, 2.24) is 4.90 Å². The Morgan fingerprint density at radius 1 is 0.733 bits per heavy atom. The lowest BCUT2D eigenvalue weighted by Gasteiger charge is -2.19. The molecule has 0 aromatic heterocycles. The fourth-order valence-corrected chi connectivity index (χ4v) is 3.74. The summed E-state index contributed by atoms with van der Waals surface area (Å²) in [4.78, 5) is 2.37. The summed E-state index contributed by atoms with van der Waals surface area (Å²) in [5.74, 6) is 2.12. The van der Waals surface area contributed by atoms with Crippen LogP contribution < -0.4 is 9.47 Å². The summed E-state index contributed by atoms with van der Waals surface area (Å²) in [6.07, 6.45) is 0.941. The number of ether oxygens (including phenoxy) is 2. The maximum atomic E-state index is 5.94. The summed E-state index contributed by atoms with van der Waals surface area (Å²) in [5.41, 5.74) is 3.92. The molecular weight excluding hydrogens is 370 g/mol. The van der Waals surface area contributed by atoms with E-state index in [4.69, 9.17) is 9.47 Å². The number of benzene rings is 3. The van der Waals surface area contributed by atoms with Crippen LogP contribution in [0.25, 0.3) is 0 Å². The molecule has 1 atom stereocenters. The van der Waals surface area contributed by atoms with Crippen LogP contribution in [-0.2, 0) is 6.42 Å². The van der Waals surface area contributed by atoms with Gasteiger partial charge in [0.2, 0.25) is 0 Å². The average molecular weight is 404 g/mol. The van der Waals surface area contributed by atoms with E-state index in [-0.39, 0.29) is 0 Å². The Kier molecular flexibility index (Phi) is 8.34. The highest BCUT2D eigenvalue weighted by Crippen LogP contribution is 2.30. The Bertz CT molecular complexity index is 856. The number of nitrogens with zero attached hydrogens (tertiary/aromatic N) is 1. The van der Waals surface area contributed by atoms with Crippen LogP contribution in [0.3, 0.4) is 0 Å². The lowest BCUT2D eigenvalue weighted by Crippen LogP contribution is -2.27. The molecular formula is C27H33NO2. The van der Waals surface area contributed by atoms with Crippen molar-refractivity contribution in [3.8, 4) is 11.5 Å². The summed E-state index contributed by atoms with van der Waals surface area (Å²) in [7, 11) is 1.70. The summed E-state index contributed by atoms with van der Waals surface area (Å²) < 4.78 is 11.3. The predicted molar refractivity (Wildman–Crippen MR) is 125 cm³/mol. The maximum Gasteiger partial charge on any atom is 0.119 e. The van der Waals surface area contributed by atoms with Crippen LogP contribution in [0.1, 0.15) is 36.5 Å². The van der Waals surface area contributed by atoms with Crippen molar-refractivity contribution in [2.45, 2.75) is 26.2 Å². The molecule has 3 heteroatoms. The molecule has 0 saturated heterocycles. The minimum absolute atomic E-state index is 0.298. The van der Waals surface area contributed by atoms with Gasteiger partial charge < -0.3 is 14.4 Å². The Morgan fingerprint density at radius 2 is 1.33 bits per heavy atom. The monoisotopic (exact) mass is 403 g/mol. The molecule has 0 saturated carbocycles. The molecule has 3 rings (SSSR count). The van der Waals surface area contributed by atoms with Crippen molar-refractivity contribution in [3.05, 3.63) is 95.6 Å². The first-order chi connectivity index (χ1) is 14.7. The van der Waals surface area contributed by atoms with Gasteiger partial charge in [-0.05, 0) is 60.5 Å². The number of likely N-dealkylation sites (N-methyl/N-ethyl adjacent to an activating group) is 1. The van der Waals surface area contributed by atoms with E-state index in [2.05, 4.69) is 85.5 Å². The van der Waals surface area contributed by atoms with Gasteiger partial charge in [0.05, 0.1) is 7.11 Å². The molecule has 0 bridgehead atoms. The van der Waals surface area contributed by atoms with Crippen molar-refractivity contribution in [2.75, 3.05) is 33.4 Å². The van der Waals surface area contributed by atoms with Crippen molar-refractivity contribution in [1.29, 1.82) is 0 Å². The van der Waals surface area contributed by atoms with Crippen LogP contribution in [0, 0.1) is 0 Å². The number of rotatable bonds is 11. The molecule has 3 aromatic rings. The lowest BCUT2D eigenvalue weighted by atomic mass is 9.86. The minimum Gasteiger partial charge on any atom is -0.497 e. The zero-order valence-electron chi connectivity index (χ0n) is 18.4. The molecule has 0 fully saturated rings. The van der Waals surface area contributed by atoms with E-state index in [0.717, 1.165) is 44.2 Å². The van der Waals surface area contributed by atoms with Crippen molar-refractivity contribution in [3.63, 3.8) is 0 Å². The van der Waals surface area contributed by atoms with E-state index < -0.39 is 0 Å². The van der Waals surface area contributed by atoms with Gasteiger partial charge in [0.15, 0.2) is 0 Å². The number of hydrogen-bond donors (Lipinski definition) is 0. The highest BCUT2D eigenvalue weighted by molar-refractivity contribution is 5.38. The van der Waals surface area contributed by atoms with Gasteiger partial charge in [0.1, 0.15) is 18.1 Å². The molecule has 0 radical (unpaired) electrons. The first-order valence-corrected chi connectivity index (χ1v) is 10.9. The summed E-state index contributed by atoms with van der Waals surface area (Å²) in [6.45, 7) is 8.17. The fourth-order valence-electron chi connectivity index (χ4n) is 3.74. The standard InChI is InChI=1S/C27H33NO2/c1-4-28(5-2)19-20-30-26-15-11-22(12-16-26)21-27(23-9-7-6-8-10-23)24-13-17-25(29-3)18-14-24/h6-18,27H,4-5,19-21H2,1-3H3. The highest BCUT2D eigenvalue weighted by atomic mass is 16.5. The van der Waals surface area contributed by atoms with E-state index in [1.54, 1.807) is 7.11 Å². The van der Waals surface area contributed by atoms with E-state index in [9.17, 15) is 0 Å². The van der Waals surface area contributed by atoms with Gasteiger partial charge in [0, 0.05) is 12.5 Å².